The first-order valence-electron chi connectivity index (χ1n) is 7.30. The van der Waals surface area contributed by atoms with E-state index in [1.807, 2.05) is 12.1 Å². The molecule has 0 aliphatic carbocycles. The first-order valence-corrected chi connectivity index (χ1v) is 8.50. The summed E-state index contributed by atoms with van der Waals surface area (Å²) in [4.78, 5) is 17.3. The van der Waals surface area contributed by atoms with E-state index in [9.17, 15) is 9.90 Å². The van der Waals surface area contributed by atoms with Crippen molar-refractivity contribution in [2.75, 3.05) is 6.54 Å². The van der Waals surface area contributed by atoms with Crippen LogP contribution in [0.15, 0.2) is 70.9 Å². The Morgan fingerprint density at radius 1 is 1.38 bits per heavy atom. The van der Waals surface area contributed by atoms with Gasteiger partial charge in [-0.05, 0) is 23.2 Å². The summed E-state index contributed by atoms with van der Waals surface area (Å²) in [5.41, 5.74) is 1.22. The molecule has 2 rings (SSSR count). The van der Waals surface area contributed by atoms with E-state index in [-0.39, 0.29) is 17.4 Å². The van der Waals surface area contributed by atoms with Gasteiger partial charge in [-0.1, -0.05) is 34.1 Å². The summed E-state index contributed by atoms with van der Waals surface area (Å²) in [6, 6.07) is 9.98. The molecule has 0 saturated heterocycles. The molecule has 1 atom stereocenters. The number of nitrogens with zero attached hydrogens (tertiary/aromatic N) is 2. The highest BCUT2D eigenvalue weighted by atomic mass is 79.9. The van der Waals surface area contributed by atoms with Crippen molar-refractivity contribution in [3.63, 3.8) is 0 Å². The number of Topliss-reactive ketones (excluding diaryl/α,β-unsaturated/α-hetero) is 1. The Morgan fingerprint density at radius 2 is 2.12 bits per heavy atom. The van der Waals surface area contributed by atoms with E-state index in [1.165, 1.54) is 0 Å². The maximum atomic E-state index is 13.1. The monoisotopic (exact) mass is 404 g/mol. The number of ketones is 1. The number of hydrogen-bond donors (Lipinski definition) is 1. The Kier molecular flexibility index (Phi) is 6.78. The average molecular weight is 405 g/mol. The van der Waals surface area contributed by atoms with Gasteiger partial charge in [0.15, 0.2) is 12.4 Å². The van der Waals surface area contributed by atoms with Crippen LogP contribution in [0.5, 0.6) is 0 Å². The predicted molar refractivity (Wildman–Crippen MR) is 99.9 cm³/mol. The van der Waals surface area contributed by atoms with Gasteiger partial charge in [0, 0.05) is 21.7 Å². The van der Waals surface area contributed by atoms with Crippen molar-refractivity contribution in [3.05, 3.63) is 77.0 Å². The molecule has 1 N–H and O–H groups in total. The van der Waals surface area contributed by atoms with Gasteiger partial charge in [0.2, 0.25) is 11.8 Å². The second-order valence-electron chi connectivity index (χ2n) is 5.03. The standard InChI is InChI=1S/C18H17BrN2O2S/c1-2-9-20-18(24)16(21-10-5-6-13(11-21)12-22)17(23)14-7-3-4-8-15(14)19/h2-8,10-11,16,22H,1,9,12H2. The van der Waals surface area contributed by atoms with Crippen LogP contribution in [0.3, 0.4) is 0 Å². The number of pyridine rings is 1. The van der Waals surface area contributed by atoms with Crippen LogP contribution in [0.4, 0.5) is 0 Å². The minimum atomic E-state index is -0.759. The predicted octanol–water partition coefficient (Wildman–Crippen LogP) is 2.78. The van der Waals surface area contributed by atoms with Crippen molar-refractivity contribution >= 4 is 39.4 Å². The molecule has 0 spiro atoms. The third-order valence-electron chi connectivity index (χ3n) is 3.36. The van der Waals surface area contributed by atoms with Gasteiger partial charge in [0.25, 0.3) is 0 Å². The molecule has 1 aromatic carbocycles. The molecule has 0 aliphatic rings. The molecule has 0 fully saturated rings. The molecule has 4 nitrogen and oxygen atoms in total. The van der Waals surface area contributed by atoms with Crippen molar-refractivity contribution in [3.8, 4) is 0 Å². The Bertz CT molecular complexity index is 777. The van der Waals surface area contributed by atoms with Crippen molar-refractivity contribution in [2.45, 2.75) is 12.6 Å². The van der Waals surface area contributed by atoms with E-state index >= 15 is 0 Å². The summed E-state index contributed by atoms with van der Waals surface area (Å²) in [6.45, 7) is 3.85. The fourth-order valence-electron chi connectivity index (χ4n) is 2.22. The molecule has 24 heavy (non-hydrogen) atoms. The van der Waals surface area contributed by atoms with Crippen LogP contribution in [-0.4, -0.2) is 22.5 Å². The van der Waals surface area contributed by atoms with Crippen LogP contribution in [0.1, 0.15) is 22.0 Å². The van der Waals surface area contributed by atoms with Crippen LogP contribution < -0.4 is 4.57 Å². The van der Waals surface area contributed by atoms with Gasteiger partial charge in [-0.2, -0.15) is 4.57 Å². The largest absolute Gasteiger partial charge is 0.758 e. The van der Waals surface area contributed by atoms with E-state index in [0.29, 0.717) is 22.1 Å². The Labute approximate surface area is 155 Å². The summed E-state index contributed by atoms with van der Waals surface area (Å²) < 4.78 is 2.38. The maximum absolute atomic E-state index is 13.1. The van der Waals surface area contributed by atoms with Gasteiger partial charge in [-0.15, -0.1) is 6.58 Å². The number of aromatic nitrogens is 1. The first-order chi connectivity index (χ1) is 11.6. The third kappa shape index (κ3) is 4.35. The molecule has 0 radical (unpaired) electrons. The van der Waals surface area contributed by atoms with E-state index in [4.69, 9.17) is 12.6 Å². The lowest BCUT2D eigenvalue weighted by atomic mass is 10.0. The molecule has 124 valence electrons. The van der Waals surface area contributed by atoms with E-state index in [1.54, 1.807) is 47.3 Å². The van der Waals surface area contributed by atoms with Crippen molar-refractivity contribution in [1.82, 2.24) is 0 Å². The van der Waals surface area contributed by atoms with Crippen LogP contribution in [-0.2, 0) is 19.2 Å². The normalized spacial score (nSPS) is 12.7. The first kappa shape index (κ1) is 18.4. The number of aliphatic imine (C=N–C) groups is 1. The lowest BCUT2D eigenvalue weighted by molar-refractivity contribution is -0.692. The topological polar surface area (TPSA) is 53.5 Å². The highest BCUT2D eigenvalue weighted by Gasteiger charge is 2.29. The molecule has 1 heterocycles. The number of benzene rings is 1. The van der Waals surface area contributed by atoms with Gasteiger partial charge >= 0.3 is 0 Å². The smallest absolute Gasteiger partial charge is 0.237 e. The summed E-state index contributed by atoms with van der Waals surface area (Å²) in [5.74, 6) is -0.166. The number of rotatable bonds is 7. The molecule has 1 aromatic heterocycles. The number of hydrogen-bond acceptors (Lipinski definition) is 4. The van der Waals surface area contributed by atoms with Crippen LogP contribution >= 0.6 is 15.9 Å². The van der Waals surface area contributed by atoms with Gasteiger partial charge < -0.3 is 22.7 Å². The summed E-state index contributed by atoms with van der Waals surface area (Å²) >= 11 is 8.80. The third-order valence-corrected chi connectivity index (χ3v) is 4.41. The molecular weight excluding hydrogens is 388 g/mol. The average Bonchev–Trinajstić information content (AvgIpc) is 2.60. The maximum Gasteiger partial charge on any atom is 0.237 e. The van der Waals surface area contributed by atoms with Gasteiger partial charge in [0.05, 0.1) is 13.2 Å². The van der Waals surface area contributed by atoms with Crippen LogP contribution in [0, 0.1) is 0 Å². The zero-order valence-corrected chi connectivity index (χ0v) is 15.3. The number of carbonyl (C=O) groups excluding carboxylic acids is 1. The summed E-state index contributed by atoms with van der Waals surface area (Å²) in [7, 11) is 0. The summed E-state index contributed by atoms with van der Waals surface area (Å²) in [6.07, 6.45) is 5.07. The van der Waals surface area contributed by atoms with Gasteiger partial charge in [0.1, 0.15) is 0 Å². The minimum absolute atomic E-state index is 0.118. The van der Waals surface area contributed by atoms with Gasteiger partial charge in [-0.25, -0.2) is 0 Å². The van der Waals surface area contributed by atoms with Crippen LogP contribution in [0.25, 0.3) is 0 Å². The minimum Gasteiger partial charge on any atom is -0.758 e. The lowest BCUT2D eigenvalue weighted by Gasteiger charge is -2.19. The molecule has 0 aliphatic heterocycles. The molecule has 6 heteroatoms. The molecule has 2 aromatic rings. The quantitative estimate of drug-likeness (QED) is 0.193. The molecule has 1 unspecified atom stereocenters. The summed E-state index contributed by atoms with van der Waals surface area (Å²) in [5, 5.41) is 9.62. The molecular formula is C18H17BrN2O2S. The zero-order valence-electron chi connectivity index (χ0n) is 12.9. The highest BCUT2D eigenvalue weighted by Crippen LogP contribution is 2.20. The van der Waals surface area contributed by atoms with Crippen molar-refractivity contribution in [2.24, 2.45) is 4.99 Å². The SMILES string of the molecule is C=CCN=C([S-])C(C(=O)c1ccccc1Br)[n+]1cccc(CO)c1. The molecule has 0 saturated carbocycles. The fraction of sp³-hybridized carbons (Fsp3) is 0.167. The van der Waals surface area contributed by atoms with Crippen molar-refractivity contribution < 1.29 is 14.5 Å². The number of aliphatic hydroxyl groups excluding tert-OH is 1. The van der Waals surface area contributed by atoms with E-state index < -0.39 is 6.04 Å². The Morgan fingerprint density at radius 3 is 2.79 bits per heavy atom. The van der Waals surface area contributed by atoms with Gasteiger partial charge in [-0.3, -0.25) is 4.79 Å². The molecule has 0 amide bonds. The number of aliphatic hydroxyl groups is 1. The highest BCUT2D eigenvalue weighted by molar-refractivity contribution is 9.10. The van der Waals surface area contributed by atoms with Crippen LogP contribution in [0.2, 0.25) is 0 Å². The Hall–Kier alpha value is -1.89. The van der Waals surface area contributed by atoms with Crippen molar-refractivity contribution in [1.29, 1.82) is 0 Å². The zero-order chi connectivity index (χ0) is 17.5. The second kappa shape index (κ2) is 8.82. The second-order valence-corrected chi connectivity index (χ2v) is 6.30. The van der Waals surface area contributed by atoms with E-state index in [0.717, 1.165) is 0 Å². The number of halogens is 1. The number of carbonyl (C=O) groups is 1. The lowest BCUT2D eigenvalue weighted by Crippen LogP contribution is -2.48. The Balaban J connectivity index is 2.52. The fourth-order valence-corrected chi connectivity index (χ4v) is 3.01. The molecule has 0 bridgehead atoms. The van der Waals surface area contributed by atoms with E-state index in [2.05, 4.69) is 27.5 Å².